The zero-order valence-corrected chi connectivity index (χ0v) is 13.6. The minimum atomic E-state index is -0.659. The molecule has 20 heavy (non-hydrogen) atoms. The molecule has 1 aliphatic carbocycles. The van der Waals surface area contributed by atoms with Gasteiger partial charge in [0, 0.05) is 11.4 Å². The first-order valence-corrected chi connectivity index (χ1v) is 7.68. The molecule has 2 rings (SSSR count). The Morgan fingerprint density at radius 1 is 1.35 bits per heavy atom. The summed E-state index contributed by atoms with van der Waals surface area (Å²) in [6.07, 6.45) is 3.54. The van der Waals surface area contributed by atoms with Crippen LogP contribution in [-0.2, 0) is 6.42 Å². The molecular formula is C17H25ClO2. The summed E-state index contributed by atoms with van der Waals surface area (Å²) in [5.41, 5.74) is 0.659. The Kier molecular flexibility index (Phi) is 4.36. The van der Waals surface area contributed by atoms with Gasteiger partial charge in [-0.2, -0.15) is 0 Å². The fourth-order valence-electron chi connectivity index (χ4n) is 3.40. The fourth-order valence-corrected chi connectivity index (χ4v) is 3.59. The normalized spacial score (nSPS) is 29.2. The number of halogens is 1. The van der Waals surface area contributed by atoms with Gasteiger partial charge in [-0.15, -0.1) is 0 Å². The predicted molar refractivity (Wildman–Crippen MR) is 83.5 cm³/mol. The lowest BCUT2D eigenvalue weighted by Gasteiger charge is -2.45. The van der Waals surface area contributed by atoms with E-state index in [1.165, 1.54) is 0 Å². The van der Waals surface area contributed by atoms with Crippen LogP contribution in [0.4, 0.5) is 0 Å². The lowest BCUT2D eigenvalue weighted by Crippen LogP contribution is -2.45. The first-order chi connectivity index (χ1) is 9.26. The van der Waals surface area contributed by atoms with E-state index in [1.54, 1.807) is 7.11 Å². The topological polar surface area (TPSA) is 29.5 Å². The van der Waals surface area contributed by atoms with Crippen molar-refractivity contribution >= 4 is 11.6 Å². The van der Waals surface area contributed by atoms with Crippen LogP contribution in [0.5, 0.6) is 5.75 Å². The van der Waals surface area contributed by atoms with Gasteiger partial charge >= 0.3 is 0 Å². The maximum atomic E-state index is 11.0. The lowest BCUT2D eigenvalue weighted by atomic mass is 9.64. The maximum Gasteiger partial charge on any atom is 0.122 e. The van der Waals surface area contributed by atoms with Crippen LogP contribution >= 0.6 is 11.6 Å². The van der Waals surface area contributed by atoms with Gasteiger partial charge in [-0.3, -0.25) is 0 Å². The van der Waals surface area contributed by atoms with Crippen molar-refractivity contribution in [2.45, 2.75) is 52.1 Å². The molecular weight excluding hydrogens is 272 g/mol. The summed E-state index contributed by atoms with van der Waals surface area (Å²) in [6.45, 7) is 6.71. The smallest absolute Gasteiger partial charge is 0.122 e. The molecule has 0 heterocycles. The molecule has 2 nitrogen and oxygen atoms in total. The number of benzene rings is 1. The number of rotatable bonds is 3. The Bertz CT molecular complexity index is 484. The van der Waals surface area contributed by atoms with Gasteiger partial charge in [-0.1, -0.05) is 32.4 Å². The van der Waals surface area contributed by atoms with E-state index in [0.717, 1.165) is 30.6 Å². The van der Waals surface area contributed by atoms with Crippen molar-refractivity contribution in [2.75, 3.05) is 7.11 Å². The van der Waals surface area contributed by atoms with Gasteiger partial charge in [0.2, 0.25) is 0 Å². The molecule has 2 atom stereocenters. The van der Waals surface area contributed by atoms with Gasteiger partial charge in [-0.05, 0) is 54.4 Å². The molecule has 0 bridgehead atoms. The highest BCUT2D eigenvalue weighted by Crippen LogP contribution is 2.46. The van der Waals surface area contributed by atoms with Crippen LogP contribution in [0, 0.1) is 11.3 Å². The molecule has 1 aromatic rings. The zero-order valence-electron chi connectivity index (χ0n) is 12.9. The van der Waals surface area contributed by atoms with Crippen molar-refractivity contribution in [1.82, 2.24) is 0 Å². The maximum absolute atomic E-state index is 11.0. The quantitative estimate of drug-likeness (QED) is 0.892. The van der Waals surface area contributed by atoms with E-state index in [1.807, 2.05) is 18.2 Å². The Balaban J connectivity index is 2.23. The number of hydrogen-bond acceptors (Lipinski definition) is 2. The van der Waals surface area contributed by atoms with Crippen LogP contribution < -0.4 is 4.74 Å². The minimum absolute atomic E-state index is 0.273. The largest absolute Gasteiger partial charge is 0.496 e. The molecule has 0 aromatic heterocycles. The average Bonchev–Trinajstić information content (AvgIpc) is 2.35. The second-order valence-electron chi connectivity index (χ2n) is 7.01. The molecule has 1 N–H and O–H groups in total. The Hall–Kier alpha value is -0.730. The molecule has 1 aliphatic rings. The Labute approximate surface area is 127 Å². The molecule has 1 saturated carbocycles. The average molecular weight is 297 g/mol. The summed E-state index contributed by atoms with van der Waals surface area (Å²) in [7, 11) is 1.66. The zero-order chi connectivity index (χ0) is 15.0. The predicted octanol–water partition coefficient (Wildman–Crippen LogP) is 4.47. The fraction of sp³-hybridized carbons (Fsp3) is 0.647. The highest BCUT2D eigenvalue weighted by Gasteiger charge is 2.42. The molecule has 0 spiro atoms. The van der Waals surface area contributed by atoms with Gasteiger partial charge in [-0.25, -0.2) is 0 Å². The van der Waals surface area contributed by atoms with Crippen molar-refractivity contribution in [3.8, 4) is 5.75 Å². The van der Waals surface area contributed by atoms with Crippen molar-refractivity contribution in [1.29, 1.82) is 0 Å². The number of aliphatic hydroxyl groups is 1. The summed E-state index contributed by atoms with van der Waals surface area (Å²) < 4.78 is 5.39. The third-order valence-electron chi connectivity index (χ3n) is 4.75. The van der Waals surface area contributed by atoms with Crippen molar-refractivity contribution in [3.63, 3.8) is 0 Å². The molecule has 3 heteroatoms. The SMILES string of the molecule is COc1ccc(Cl)cc1CC1(O)CCC(C)(C)CC1C. The Morgan fingerprint density at radius 3 is 2.65 bits per heavy atom. The monoisotopic (exact) mass is 296 g/mol. The van der Waals surface area contributed by atoms with E-state index in [4.69, 9.17) is 16.3 Å². The highest BCUT2D eigenvalue weighted by atomic mass is 35.5. The lowest BCUT2D eigenvalue weighted by molar-refractivity contribution is -0.0706. The number of methoxy groups -OCH3 is 1. The number of ether oxygens (including phenoxy) is 1. The second-order valence-corrected chi connectivity index (χ2v) is 7.44. The van der Waals surface area contributed by atoms with E-state index < -0.39 is 5.60 Å². The minimum Gasteiger partial charge on any atom is -0.496 e. The molecule has 2 unspecified atom stereocenters. The number of hydrogen-bond donors (Lipinski definition) is 1. The summed E-state index contributed by atoms with van der Waals surface area (Å²) in [6, 6.07) is 5.60. The highest BCUT2D eigenvalue weighted by molar-refractivity contribution is 6.30. The first-order valence-electron chi connectivity index (χ1n) is 7.31. The van der Waals surface area contributed by atoms with E-state index in [9.17, 15) is 5.11 Å². The van der Waals surface area contributed by atoms with Gasteiger partial charge < -0.3 is 9.84 Å². The molecule has 0 aliphatic heterocycles. The first kappa shape index (κ1) is 15.7. The van der Waals surface area contributed by atoms with Gasteiger partial charge in [0.15, 0.2) is 0 Å². The van der Waals surface area contributed by atoms with E-state index >= 15 is 0 Å². The molecule has 0 saturated heterocycles. The van der Waals surface area contributed by atoms with Crippen LogP contribution in [0.3, 0.4) is 0 Å². The van der Waals surface area contributed by atoms with Gasteiger partial charge in [0.25, 0.3) is 0 Å². The van der Waals surface area contributed by atoms with Crippen LogP contribution in [0.2, 0.25) is 5.02 Å². The van der Waals surface area contributed by atoms with Crippen molar-refractivity contribution < 1.29 is 9.84 Å². The van der Waals surface area contributed by atoms with Gasteiger partial charge in [0.05, 0.1) is 12.7 Å². The Morgan fingerprint density at radius 2 is 2.05 bits per heavy atom. The molecule has 112 valence electrons. The standard InChI is InChI=1S/C17H25ClO2/c1-12-10-16(2,3)7-8-17(12,19)11-13-9-14(18)5-6-15(13)20-4/h5-6,9,12,19H,7-8,10-11H2,1-4H3. The van der Waals surface area contributed by atoms with E-state index in [-0.39, 0.29) is 5.92 Å². The van der Waals surface area contributed by atoms with Crippen molar-refractivity contribution in [3.05, 3.63) is 28.8 Å². The summed E-state index contributed by atoms with van der Waals surface area (Å²) in [5.74, 6) is 1.08. The van der Waals surface area contributed by atoms with Crippen LogP contribution in [-0.4, -0.2) is 17.8 Å². The van der Waals surface area contributed by atoms with E-state index in [2.05, 4.69) is 20.8 Å². The van der Waals surface area contributed by atoms with Crippen molar-refractivity contribution in [2.24, 2.45) is 11.3 Å². The third-order valence-corrected chi connectivity index (χ3v) is 4.98. The molecule has 1 fully saturated rings. The third kappa shape index (κ3) is 3.29. The molecule has 0 radical (unpaired) electrons. The summed E-state index contributed by atoms with van der Waals surface area (Å²) in [4.78, 5) is 0. The molecule has 0 amide bonds. The second kappa shape index (κ2) is 5.57. The summed E-state index contributed by atoms with van der Waals surface area (Å²) in [5, 5.41) is 11.7. The van der Waals surface area contributed by atoms with Gasteiger partial charge in [0.1, 0.15) is 5.75 Å². The van der Waals surface area contributed by atoms with Crippen LogP contribution in [0.25, 0.3) is 0 Å². The van der Waals surface area contributed by atoms with Crippen LogP contribution in [0.15, 0.2) is 18.2 Å². The molecule has 1 aromatic carbocycles. The van der Waals surface area contributed by atoms with E-state index in [0.29, 0.717) is 16.9 Å². The summed E-state index contributed by atoms with van der Waals surface area (Å²) >= 11 is 6.08. The van der Waals surface area contributed by atoms with Crippen LogP contribution in [0.1, 0.15) is 45.6 Å².